The van der Waals surface area contributed by atoms with Crippen LogP contribution in [0.2, 0.25) is 0 Å². The highest BCUT2D eigenvalue weighted by Gasteiger charge is 2.15. The quantitative estimate of drug-likeness (QED) is 0.741. The summed E-state index contributed by atoms with van der Waals surface area (Å²) in [6.45, 7) is 1.04. The Balaban J connectivity index is 0.00000324. The summed E-state index contributed by atoms with van der Waals surface area (Å²) in [5.41, 5.74) is 0. The van der Waals surface area contributed by atoms with Gasteiger partial charge in [0.2, 0.25) is 10.0 Å². The maximum atomic E-state index is 13.2. The molecule has 1 aromatic rings. The van der Waals surface area contributed by atoms with Crippen LogP contribution in [0.5, 0.6) is 5.75 Å². The van der Waals surface area contributed by atoms with Crippen LogP contribution in [0.25, 0.3) is 0 Å². The van der Waals surface area contributed by atoms with Crippen LogP contribution in [-0.4, -0.2) is 35.7 Å². The third-order valence-corrected chi connectivity index (χ3v) is 3.79. The van der Waals surface area contributed by atoms with Crippen molar-refractivity contribution in [1.82, 2.24) is 10.0 Å². The normalized spacial score (nSPS) is 10.9. The number of nitrogens with one attached hydrogen (secondary N) is 2. The summed E-state index contributed by atoms with van der Waals surface area (Å²) >= 11 is 0. The number of methoxy groups -OCH3 is 1. The molecule has 0 saturated carbocycles. The van der Waals surface area contributed by atoms with E-state index in [1.54, 1.807) is 7.05 Å². The summed E-state index contributed by atoms with van der Waals surface area (Å²) in [4.78, 5) is -0.00907. The largest absolute Gasteiger partial charge is 0.494 e. The van der Waals surface area contributed by atoms with E-state index in [4.69, 9.17) is 4.74 Å². The van der Waals surface area contributed by atoms with Crippen LogP contribution < -0.4 is 14.8 Å². The molecule has 19 heavy (non-hydrogen) atoms. The van der Waals surface area contributed by atoms with Gasteiger partial charge in [0, 0.05) is 12.6 Å². The molecule has 1 aromatic carbocycles. The van der Waals surface area contributed by atoms with Gasteiger partial charge >= 0.3 is 0 Å². The maximum absolute atomic E-state index is 13.2. The average molecular weight is 313 g/mol. The molecule has 0 aliphatic heterocycles. The summed E-state index contributed by atoms with van der Waals surface area (Å²) in [6, 6.07) is 3.44. The van der Waals surface area contributed by atoms with Crippen molar-refractivity contribution in [2.24, 2.45) is 0 Å². The van der Waals surface area contributed by atoms with Gasteiger partial charge in [-0.2, -0.15) is 0 Å². The molecule has 110 valence electrons. The van der Waals surface area contributed by atoms with E-state index in [1.807, 2.05) is 0 Å². The number of rotatable bonds is 7. The van der Waals surface area contributed by atoms with Gasteiger partial charge in [0.15, 0.2) is 11.6 Å². The first-order valence-corrected chi connectivity index (χ1v) is 6.97. The zero-order chi connectivity index (χ0) is 13.6. The Morgan fingerprint density at radius 2 is 2.00 bits per heavy atom. The number of ether oxygens (including phenoxy) is 1. The summed E-state index contributed by atoms with van der Waals surface area (Å²) in [7, 11) is -0.537. The van der Waals surface area contributed by atoms with Crippen LogP contribution in [0.4, 0.5) is 4.39 Å². The van der Waals surface area contributed by atoms with Crippen molar-refractivity contribution < 1.29 is 17.5 Å². The first kappa shape index (κ1) is 18.1. The van der Waals surface area contributed by atoms with E-state index >= 15 is 0 Å². The van der Waals surface area contributed by atoms with Gasteiger partial charge in [-0.15, -0.1) is 12.4 Å². The van der Waals surface area contributed by atoms with Crippen LogP contribution in [0, 0.1) is 5.82 Å². The molecule has 0 fully saturated rings. The molecular weight excluding hydrogens is 295 g/mol. The topological polar surface area (TPSA) is 67.4 Å². The Bertz CT molecular complexity index is 497. The van der Waals surface area contributed by atoms with Crippen LogP contribution in [-0.2, 0) is 10.0 Å². The Morgan fingerprint density at radius 1 is 1.32 bits per heavy atom. The fourth-order valence-corrected chi connectivity index (χ4v) is 2.45. The summed E-state index contributed by atoms with van der Waals surface area (Å²) in [6.07, 6.45) is 0.675. The van der Waals surface area contributed by atoms with Crippen LogP contribution in [0.15, 0.2) is 23.1 Å². The molecular formula is C11H18ClFN2O3S. The summed E-state index contributed by atoms with van der Waals surface area (Å²) in [5, 5.41) is 2.92. The van der Waals surface area contributed by atoms with Gasteiger partial charge < -0.3 is 10.1 Å². The van der Waals surface area contributed by atoms with E-state index in [2.05, 4.69) is 10.0 Å². The van der Waals surface area contributed by atoms with E-state index in [-0.39, 0.29) is 23.1 Å². The van der Waals surface area contributed by atoms with Gasteiger partial charge in [0.25, 0.3) is 0 Å². The molecule has 0 unspecified atom stereocenters. The zero-order valence-corrected chi connectivity index (χ0v) is 12.4. The van der Waals surface area contributed by atoms with E-state index < -0.39 is 15.8 Å². The van der Waals surface area contributed by atoms with Crippen LogP contribution >= 0.6 is 12.4 Å². The Labute approximate surface area is 119 Å². The number of halogens is 2. The lowest BCUT2D eigenvalue weighted by Crippen LogP contribution is -2.26. The summed E-state index contributed by atoms with van der Waals surface area (Å²) in [5.74, 6) is -0.681. The predicted octanol–water partition coefficient (Wildman–Crippen LogP) is 1.14. The fourth-order valence-electron chi connectivity index (χ4n) is 1.36. The molecule has 5 nitrogen and oxygen atoms in total. The molecule has 0 aliphatic rings. The average Bonchev–Trinajstić information content (AvgIpc) is 2.35. The lowest BCUT2D eigenvalue weighted by atomic mass is 10.3. The second-order valence-corrected chi connectivity index (χ2v) is 5.42. The number of hydrogen-bond donors (Lipinski definition) is 2. The van der Waals surface area contributed by atoms with Crippen molar-refractivity contribution in [2.75, 3.05) is 27.2 Å². The molecule has 0 radical (unpaired) electrons. The lowest BCUT2D eigenvalue weighted by Gasteiger charge is -2.08. The second kappa shape index (κ2) is 8.31. The third-order valence-electron chi connectivity index (χ3n) is 2.33. The standard InChI is InChI=1S/C11H17FN2O3S.ClH/c1-13-6-3-7-14-18(15,16)9-4-5-10(12)11(8-9)17-2;/h4-5,8,13-14H,3,6-7H2,1-2H3;1H. The van der Waals surface area contributed by atoms with Gasteiger partial charge in [-0.1, -0.05) is 0 Å². The Kier molecular flexibility index (Phi) is 7.93. The van der Waals surface area contributed by atoms with Gasteiger partial charge in [-0.05, 0) is 32.1 Å². The van der Waals surface area contributed by atoms with Gasteiger partial charge in [-0.3, -0.25) is 0 Å². The van der Waals surface area contributed by atoms with Crippen molar-refractivity contribution >= 4 is 22.4 Å². The number of sulfonamides is 1. The minimum absolute atomic E-state index is 0. The second-order valence-electron chi connectivity index (χ2n) is 3.65. The van der Waals surface area contributed by atoms with Gasteiger partial charge in [0.05, 0.1) is 12.0 Å². The molecule has 1 rings (SSSR count). The van der Waals surface area contributed by atoms with Gasteiger partial charge in [0.1, 0.15) is 0 Å². The first-order valence-electron chi connectivity index (χ1n) is 5.49. The minimum Gasteiger partial charge on any atom is -0.494 e. The van der Waals surface area contributed by atoms with E-state index in [9.17, 15) is 12.8 Å². The highest BCUT2D eigenvalue weighted by atomic mass is 35.5. The molecule has 0 saturated heterocycles. The van der Waals surface area contributed by atoms with Crippen molar-refractivity contribution in [3.8, 4) is 5.75 Å². The molecule has 0 atom stereocenters. The van der Waals surface area contributed by atoms with Crippen molar-refractivity contribution in [1.29, 1.82) is 0 Å². The molecule has 0 bridgehead atoms. The number of benzene rings is 1. The highest BCUT2D eigenvalue weighted by Crippen LogP contribution is 2.21. The third kappa shape index (κ3) is 5.32. The van der Waals surface area contributed by atoms with Crippen molar-refractivity contribution in [2.45, 2.75) is 11.3 Å². The predicted molar refractivity (Wildman–Crippen MR) is 73.9 cm³/mol. The molecule has 8 heteroatoms. The fraction of sp³-hybridized carbons (Fsp3) is 0.455. The van der Waals surface area contributed by atoms with E-state index in [0.29, 0.717) is 13.0 Å². The van der Waals surface area contributed by atoms with Gasteiger partial charge in [-0.25, -0.2) is 17.5 Å². The monoisotopic (exact) mass is 312 g/mol. The first-order chi connectivity index (χ1) is 8.51. The zero-order valence-electron chi connectivity index (χ0n) is 10.8. The molecule has 0 spiro atoms. The van der Waals surface area contributed by atoms with Crippen LogP contribution in [0.3, 0.4) is 0 Å². The SMILES string of the molecule is CNCCCNS(=O)(=O)c1ccc(F)c(OC)c1.Cl. The molecule has 0 aliphatic carbocycles. The highest BCUT2D eigenvalue weighted by molar-refractivity contribution is 7.89. The maximum Gasteiger partial charge on any atom is 0.240 e. The minimum atomic E-state index is -3.61. The molecule has 0 aromatic heterocycles. The molecule has 0 heterocycles. The smallest absolute Gasteiger partial charge is 0.240 e. The number of hydrogen-bond acceptors (Lipinski definition) is 4. The lowest BCUT2D eigenvalue weighted by molar-refractivity contribution is 0.385. The van der Waals surface area contributed by atoms with Crippen molar-refractivity contribution in [3.63, 3.8) is 0 Å². The van der Waals surface area contributed by atoms with E-state index in [0.717, 1.165) is 18.7 Å². The van der Waals surface area contributed by atoms with Crippen molar-refractivity contribution in [3.05, 3.63) is 24.0 Å². The Morgan fingerprint density at radius 3 is 2.58 bits per heavy atom. The van der Waals surface area contributed by atoms with E-state index in [1.165, 1.54) is 13.2 Å². The molecule has 0 amide bonds. The Hall–Kier alpha value is -0.890. The van der Waals surface area contributed by atoms with Crippen LogP contribution in [0.1, 0.15) is 6.42 Å². The summed E-state index contributed by atoms with van der Waals surface area (Å²) < 4.78 is 44.1. The molecule has 2 N–H and O–H groups in total.